The maximum Gasteiger partial charge on any atom is 0.155 e. The molecule has 1 N–H and O–H groups in total. The lowest BCUT2D eigenvalue weighted by Crippen LogP contribution is -2.52. The van der Waals surface area contributed by atoms with Crippen LogP contribution in [0.15, 0.2) is 11.6 Å². The van der Waals surface area contributed by atoms with Crippen molar-refractivity contribution in [1.82, 2.24) is 0 Å². The van der Waals surface area contributed by atoms with Crippen molar-refractivity contribution in [2.24, 2.45) is 29.1 Å². The molecule has 0 aromatic heterocycles. The Morgan fingerprint density at radius 1 is 1.27 bits per heavy atom. The highest BCUT2D eigenvalue weighted by atomic mass is 16.3. The molecule has 4 aliphatic rings. The zero-order valence-corrected chi connectivity index (χ0v) is 13.5. The van der Waals surface area contributed by atoms with Crippen LogP contribution in [0, 0.1) is 29.1 Å². The van der Waals surface area contributed by atoms with Crippen molar-refractivity contribution in [2.45, 2.75) is 77.1 Å². The molecular weight excluding hydrogens is 272 g/mol. The summed E-state index contributed by atoms with van der Waals surface area (Å²) in [5.74, 6) is 2.00. The molecule has 3 fully saturated rings. The van der Waals surface area contributed by atoms with E-state index in [4.69, 9.17) is 5.48 Å². The maximum atomic E-state index is 11.8. The highest BCUT2D eigenvalue weighted by Crippen LogP contribution is 2.65. The monoisotopic (exact) mass is 306 g/mol. The van der Waals surface area contributed by atoms with E-state index >= 15 is 0 Å². The van der Waals surface area contributed by atoms with Crippen molar-refractivity contribution >= 4 is 5.78 Å². The molecule has 0 aromatic rings. The Bertz CT molecular complexity index is 646. The lowest BCUT2D eigenvalue weighted by Gasteiger charge is -2.55. The van der Waals surface area contributed by atoms with Crippen LogP contribution in [0.2, 0.25) is 0 Å². The SMILES string of the molecule is [2H]C([2H])C([2H])([2H])[C@]1(O)CC[C@H]2[C@@H]3CCC4=CC(=O)CC[C@@H]4[C@H]3CC[C@@]21C. The van der Waals surface area contributed by atoms with E-state index in [0.29, 0.717) is 30.6 Å². The number of allylic oxidation sites excluding steroid dienone is 1. The Morgan fingerprint density at radius 2 is 2.14 bits per heavy atom. The fourth-order valence-corrected chi connectivity index (χ4v) is 6.43. The zero-order valence-electron chi connectivity index (χ0n) is 17.5. The molecule has 0 saturated heterocycles. The van der Waals surface area contributed by atoms with Crippen molar-refractivity contribution in [2.75, 3.05) is 0 Å². The molecule has 0 bridgehead atoms. The molecule has 0 heterocycles. The zero-order chi connectivity index (χ0) is 18.9. The first-order chi connectivity index (χ1) is 12.1. The molecule has 6 atom stereocenters. The quantitative estimate of drug-likeness (QED) is 0.785. The van der Waals surface area contributed by atoms with Gasteiger partial charge in [0.1, 0.15) is 0 Å². The van der Waals surface area contributed by atoms with Gasteiger partial charge in [-0.25, -0.2) is 0 Å². The van der Waals surface area contributed by atoms with Crippen LogP contribution in [0.25, 0.3) is 0 Å². The maximum absolute atomic E-state index is 11.8. The lowest BCUT2D eigenvalue weighted by atomic mass is 9.50. The van der Waals surface area contributed by atoms with E-state index < -0.39 is 24.3 Å². The third-order valence-corrected chi connectivity index (χ3v) is 7.69. The predicted octanol–water partition coefficient (Wildman–Crippen LogP) is 4.27. The molecule has 4 rings (SSSR count). The largest absolute Gasteiger partial charge is 0.389 e. The van der Waals surface area contributed by atoms with Crippen molar-refractivity contribution in [3.05, 3.63) is 11.6 Å². The molecule has 0 aromatic carbocycles. The van der Waals surface area contributed by atoms with Crippen LogP contribution in [0.1, 0.15) is 77.0 Å². The summed E-state index contributed by atoms with van der Waals surface area (Å²) in [6.45, 7) is 0.322. The van der Waals surface area contributed by atoms with Gasteiger partial charge in [0.05, 0.1) is 5.60 Å². The highest BCUT2D eigenvalue weighted by molar-refractivity contribution is 5.91. The Labute approximate surface area is 140 Å². The van der Waals surface area contributed by atoms with Gasteiger partial charge in [-0.1, -0.05) is 19.4 Å². The number of aliphatic hydroxyl groups is 1. The van der Waals surface area contributed by atoms with Gasteiger partial charge in [-0.15, -0.1) is 0 Å². The molecular formula is C20H30O2. The molecule has 0 spiro atoms. The van der Waals surface area contributed by atoms with Crippen LogP contribution in [-0.4, -0.2) is 16.5 Å². The summed E-state index contributed by atoms with van der Waals surface area (Å²) < 4.78 is 32.0. The second-order valence-corrected chi connectivity index (χ2v) is 8.30. The van der Waals surface area contributed by atoms with E-state index in [1.807, 2.05) is 13.0 Å². The van der Waals surface area contributed by atoms with Crippen LogP contribution < -0.4 is 0 Å². The lowest BCUT2D eigenvalue weighted by molar-refractivity contribution is -0.122. The van der Waals surface area contributed by atoms with E-state index in [-0.39, 0.29) is 11.7 Å². The minimum absolute atomic E-state index is 0.249. The van der Waals surface area contributed by atoms with Gasteiger partial charge >= 0.3 is 0 Å². The summed E-state index contributed by atoms with van der Waals surface area (Å²) in [6.07, 6.45) is 6.06. The summed E-state index contributed by atoms with van der Waals surface area (Å²) in [5.41, 5.74) is -0.835. The van der Waals surface area contributed by atoms with Crippen molar-refractivity contribution < 1.29 is 15.4 Å². The van der Waals surface area contributed by atoms with Crippen molar-refractivity contribution in [3.8, 4) is 0 Å². The number of hydrogen-bond donors (Lipinski definition) is 1. The van der Waals surface area contributed by atoms with E-state index in [1.54, 1.807) is 0 Å². The number of carbonyl (C=O) groups is 1. The van der Waals surface area contributed by atoms with Gasteiger partial charge in [-0.05, 0) is 86.5 Å². The van der Waals surface area contributed by atoms with Crippen LogP contribution in [0.5, 0.6) is 0 Å². The molecule has 0 radical (unpaired) electrons. The fraction of sp³-hybridized carbons (Fsp3) is 0.850. The van der Waals surface area contributed by atoms with Crippen LogP contribution >= 0.6 is 0 Å². The van der Waals surface area contributed by atoms with E-state index in [1.165, 1.54) is 5.57 Å². The minimum Gasteiger partial charge on any atom is -0.389 e. The van der Waals surface area contributed by atoms with E-state index in [2.05, 4.69) is 0 Å². The average Bonchev–Trinajstić information content (AvgIpc) is 2.87. The molecule has 2 heteroatoms. The van der Waals surface area contributed by atoms with Gasteiger partial charge in [0.25, 0.3) is 0 Å². The first-order valence-corrected chi connectivity index (χ1v) is 8.92. The van der Waals surface area contributed by atoms with Crippen molar-refractivity contribution in [1.29, 1.82) is 0 Å². The fourth-order valence-electron chi connectivity index (χ4n) is 6.43. The number of hydrogen-bond acceptors (Lipinski definition) is 2. The number of rotatable bonds is 1. The number of ketones is 1. The van der Waals surface area contributed by atoms with Gasteiger partial charge in [-0.3, -0.25) is 4.79 Å². The Morgan fingerprint density at radius 3 is 2.95 bits per heavy atom. The molecule has 2 nitrogen and oxygen atoms in total. The summed E-state index contributed by atoms with van der Waals surface area (Å²) in [7, 11) is 0. The Balaban J connectivity index is 1.65. The Hall–Kier alpha value is -0.630. The summed E-state index contributed by atoms with van der Waals surface area (Å²) in [6, 6.07) is 0. The molecule has 22 heavy (non-hydrogen) atoms. The molecule has 0 aliphatic heterocycles. The summed E-state index contributed by atoms with van der Waals surface area (Å²) in [5, 5.41) is 11.4. The van der Waals surface area contributed by atoms with Crippen LogP contribution in [0.3, 0.4) is 0 Å². The van der Waals surface area contributed by atoms with Crippen molar-refractivity contribution in [3.63, 3.8) is 0 Å². The number of fused-ring (bicyclic) bond motifs is 5. The number of carbonyl (C=O) groups excluding carboxylic acids is 1. The van der Waals surface area contributed by atoms with E-state index in [9.17, 15) is 9.90 Å². The third-order valence-electron chi connectivity index (χ3n) is 7.69. The van der Waals surface area contributed by atoms with Crippen LogP contribution in [-0.2, 0) is 4.79 Å². The molecule has 4 aliphatic carbocycles. The second-order valence-electron chi connectivity index (χ2n) is 8.30. The molecule has 3 saturated carbocycles. The van der Waals surface area contributed by atoms with Gasteiger partial charge < -0.3 is 5.11 Å². The Kier molecular flexibility index (Phi) is 2.47. The smallest absolute Gasteiger partial charge is 0.155 e. The summed E-state index contributed by atoms with van der Waals surface area (Å²) >= 11 is 0. The van der Waals surface area contributed by atoms with Gasteiger partial charge in [0.15, 0.2) is 5.78 Å². The minimum atomic E-state index is -2.22. The van der Waals surface area contributed by atoms with Gasteiger partial charge in [-0.2, -0.15) is 0 Å². The molecule has 0 unspecified atom stereocenters. The highest BCUT2D eigenvalue weighted by Gasteiger charge is 2.61. The molecule has 0 amide bonds. The first-order valence-electron chi connectivity index (χ1n) is 11.1. The normalized spacial score (nSPS) is 54.3. The molecule has 122 valence electrons. The standard InChI is InChI=1S/C20H30O2/c1-3-20(22)11-9-18-17-6-4-13-12-14(21)5-7-15(13)16(17)8-10-19(18,20)2/h12,15-18,22H,3-11H2,1-2H3/t15-,16+,17+,18-,19-,20-/m0/s1/i1D2,3D2. The average molecular weight is 306 g/mol. The van der Waals surface area contributed by atoms with E-state index in [0.717, 1.165) is 38.5 Å². The van der Waals surface area contributed by atoms with Crippen LogP contribution in [0.4, 0.5) is 0 Å². The van der Waals surface area contributed by atoms with Gasteiger partial charge in [0.2, 0.25) is 0 Å². The topological polar surface area (TPSA) is 37.3 Å². The second kappa shape index (κ2) is 4.93. The van der Waals surface area contributed by atoms with Gasteiger partial charge in [0, 0.05) is 11.9 Å². The first kappa shape index (κ1) is 11.0. The predicted molar refractivity (Wildman–Crippen MR) is 87.3 cm³/mol. The summed E-state index contributed by atoms with van der Waals surface area (Å²) in [4.78, 5) is 11.8. The third kappa shape index (κ3) is 1.85.